The molecule has 2 N–H and O–H groups in total. The Kier molecular flexibility index (Phi) is 5.06. The fraction of sp³-hybridized carbons (Fsp3) is 0.300. The van der Waals surface area contributed by atoms with Gasteiger partial charge in [0.15, 0.2) is 11.6 Å². The number of unbranched alkanes of at least 4 members (excludes halogenated alkanes) is 3. The molecule has 0 amide bonds. The molecule has 0 spiro atoms. The van der Waals surface area contributed by atoms with Gasteiger partial charge in [0.25, 0.3) is 0 Å². The van der Waals surface area contributed by atoms with Crippen molar-refractivity contribution in [2.45, 2.75) is 25.7 Å². The fourth-order valence-electron chi connectivity index (χ4n) is 3.11. The maximum absolute atomic E-state index is 12.8. The predicted molar refractivity (Wildman–Crippen MR) is 93.8 cm³/mol. The van der Waals surface area contributed by atoms with Crippen LogP contribution in [0, 0.1) is 0 Å². The molecule has 4 nitrogen and oxygen atoms in total. The number of carbonyl (C=O) groups is 2. The van der Waals surface area contributed by atoms with Crippen LogP contribution in [0.25, 0.3) is 0 Å². The van der Waals surface area contributed by atoms with Gasteiger partial charge in [-0.2, -0.15) is 0 Å². The van der Waals surface area contributed by atoms with Gasteiger partial charge in [-0.05, 0) is 18.9 Å². The summed E-state index contributed by atoms with van der Waals surface area (Å²) in [4.78, 5) is 25.5. The van der Waals surface area contributed by atoms with Gasteiger partial charge >= 0.3 is 0 Å². The summed E-state index contributed by atoms with van der Waals surface area (Å²) in [6.45, 7) is 0.973. The average molecular weight is 323 g/mol. The van der Waals surface area contributed by atoms with Crippen LogP contribution in [0.1, 0.15) is 57.5 Å². The van der Waals surface area contributed by atoms with Gasteiger partial charge in [-0.1, -0.05) is 49.2 Å². The first-order valence-corrected chi connectivity index (χ1v) is 8.40. The van der Waals surface area contributed by atoms with Crippen molar-refractivity contribution in [3.8, 4) is 0 Å². The van der Waals surface area contributed by atoms with Crippen molar-refractivity contribution in [1.82, 2.24) is 0 Å². The van der Waals surface area contributed by atoms with Gasteiger partial charge in [0.1, 0.15) is 0 Å². The number of aliphatic hydroxyl groups is 1. The van der Waals surface area contributed by atoms with Gasteiger partial charge in [0.2, 0.25) is 0 Å². The van der Waals surface area contributed by atoms with Gasteiger partial charge < -0.3 is 10.4 Å². The lowest BCUT2D eigenvalue weighted by molar-refractivity contribution is 0.0979. The number of ketones is 2. The third-order valence-electron chi connectivity index (χ3n) is 4.35. The van der Waals surface area contributed by atoms with Gasteiger partial charge in [-0.3, -0.25) is 9.59 Å². The Morgan fingerprint density at radius 3 is 2.17 bits per heavy atom. The molecule has 0 fully saturated rings. The second-order valence-corrected chi connectivity index (χ2v) is 6.00. The minimum Gasteiger partial charge on any atom is -0.396 e. The van der Waals surface area contributed by atoms with Crippen LogP contribution in [-0.2, 0) is 0 Å². The molecule has 0 atom stereocenters. The van der Waals surface area contributed by atoms with E-state index in [-0.39, 0.29) is 18.2 Å². The van der Waals surface area contributed by atoms with E-state index in [1.165, 1.54) is 0 Å². The van der Waals surface area contributed by atoms with Crippen LogP contribution in [0.3, 0.4) is 0 Å². The Balaban J connectivity index is 1.80. The van der Waals surface area contributed by atoms with Crippen molar-refractivity contribution in [3.63, 3.8) is 0 Å². The molecule has 0 bridgehead atoms. The third-order valence-corrected chi connectivity index (χ3v) is 4.35. The van der Waals surface area contributed by atoms with E-state index in [1.54, 1.807) is 30.3 Å². The maximum atomic E-state index is 12.8. The van der Waals surface area contributed by atoms with E-state index in [1.807, 2.05) is 12.1 Å². The van der Waals surface area contributed by atoms with Crippen molar-refractivity contribution in [1.29, 1.82) is 0 Å². The van der Waals surface area contributed by atoms with Crippen LogP contribution in [-0.4, -0.2) is 29.8 Å². The number of benzene rings is 2. The SMILES string of the molecule is O=C1c2ccccc2C(=O)c2c(NCCCCCCO)cccc21. The van der Waals surface area contributed by atoms with Crippen LogP contribution in [0.2, 0.25) is 0 Å². The predicted octanol–water partition coefficient (Wildman–Crippen LogP) is 3.43. The highest BCUT2D eigenvalue weighted by atomic mass is 16.2. The maximum Gasteiger partial charge on any atom is 0.196 e. The molecule has 0 radical (unpaired) electrons. The topological polar surface area (TPSA) is 66.4 Å². The summed E-state index contributed by atoms with van der Waals surface area (Å²) in [5.74, 6) is -0.185. The molecule has 0 aliphatic heterocycles. The van der Waals surface area contributed by atoms with Crippen LogP contribution in [0.4, 0.5) is 5.69 Å². The van der Waals surface area contributed by atoms with Crippen molar-refractivity contribution >= 4 is 17.3 Å². The lowest BCUT2D eigenvalue weighted by Crippen LogP contribution is -2.22. The van der Waals surface area contributed by atoms with E-state index >= 15 is 0 Å². The minimum absolute atomic E-state index is 0.0909. The number of hydrogen-bond acceptors (Lipinski definition) is 4. The van der Waals surface area contributed by atoms with Gasteiger partial charge in [-0.15, -0.1) is 0 Å². The number of anilines is 1. The van der Waals surface area contributed by atoms with Crippen LogP contribution in [0.15, 0.2) is 42.5 Å². The van der Waals surface area contributed by atoms with Gasteiger partial charge in [-0.25, -0.2) is 0 Å². The fourth-order valence-corrected chi connectivity index (χ4v) is 3.11. The summed E-state index contributed by atoms with van der Waals surface area (Å²) >= 11 is 0. The quantitative estimate of drug-likeness (QED) is 0.654. The Bertz CT molecular complexity index is 767. The van der Waals surface area contributed by atoms with Crippen molar-refractivity contribution in [3.05, 3.63) is 64.7 Å². The summed E-state index contributed by atoms with van der Waals surface area (Å²) < 4.78 is 0. The lowest BCUT2D eigenvalue weighted by atomic mass is 9.83. The second kappa shape index (κ2) is 7.41. The van der Waals surface area contributed by atoms with Crippen molar-refractivity contribution in [2.24, 2.45) is 0 Å². The Morgan fingerprint density at radius 1 is 0.750 bits per heavy atom. The normalized spacial score (nSPS) is 12.7. The molecule has 0 heterocycles. The van der Waals surface area contributed by atoms with Crippen molar-refractivity contribution in [2.75, 3.05) is 18.5 Å². The molecule has 3 rings (SSSR count). The zero-order chi connectivity index (χ0) is 16.9. The van der Waals surface area contributed by atoms with Crippen molar-refractivity contribution < 1.29 is 14.7 Å². The van der Waals surface area contributed by atoms with Crippen LogP contribution < -0.4 is 5.32 Å². The first-order valence-electron chi connectivity index (χ1n) is 8.40. The largest absolute Gasteiger partial charge is 0.396 e. The number of hydrogen-bond donors (Lipinski definition) is 2. The Morgan fingerprint density at radius 2 is 1.42 bits per heavy atom. The summed E-state index contributed by atoms with van der Waals surface area (Å²) in [6, 6.07) is 12.4. The van der Waals surface area contributed by atoms with Crippen LogP contribution >= 0.6 is 0 Å². The average Bonchev–Trinajstić information content (AvgIpc) is 2.62. The molecular formula is C20H21NO3. The van der Waals surface area contributed by atoms with Crippen LogP contribution in [0.5, 0.6) is 0 Å². The molecule has 2 aromatic rings. The number of fused-ring (bicyclic) bond motifs is 2. The highest BCUT2D eigenvalue weighted by Crippen LogP contribution is 2.31. The second-order valence-electron chi connectivity index (χ2n) is 6.00. The summed E-state index contributed by atoms with van der Waals surface area (Å²) in [6.07, 6.45) is 3.81. The number of aliphatic hydroxyl groups excluding tert-OH is 1. The van der Waals surface area contributed by atoms with E-state index in [0.29, 0.717) is 22.3 Å². The van der Waals surface area contributed by atoms with E-state index in [4.69, 9.17) is 5.11 Å². The molecule has 0 aromatic heterocycles. The summed E-state index contributed by atoms with van der Waals surface area (Å²) in [5.41, 5.74) is 2.64. The van der Waals surface area contributed by atoms with E-state index in [0.717, 1.165) is 37.9 Å². The Labute approximate surface area is 141 Å². The molecule has 0 saturated heterocycles. The smallest absolute Gasteiger partial charge is 0.196 e. The molecule has 0 saturated carbocycles. The molecule has 1 aliphatic rings. The Hall–Kier alpha value is -2.46. The molecule has 1 aliphatic carbocycles. The minimum atomic E-state index is -0.0939. The lowest BCUT2D eigenvalue weighted by Gasteiger charge is -2.20. The highest BCUT2D eigenvalue weighted by Gasteiger charge is 2.31. The molecule has 2 aromatic carbocycles. The summed E-state index contributed by atoms with van der Waals surface area (Å²) in [7, 11) is 0. The number of carbonyl (C=O) groups excluding carboxylic acids is 2. The van der Waals surface area contributed by atoms with Gasteiger partial charge in [0, 0.05) is 35.5 Å². The molecule has 124 valence electrons. The summed E-state index contributed by atoms with van der Waals surface area (Å²) in [5, 5.41) is 12.1. The third kappa shape index (κ3) is 3.10. The highest BCUT2D eigenvalue weighted by molar-refractivity contribution is 6.30. The van der Waals surface area contributed by atoms with Gasteiger partial charge in [0.05, 0.1) is 5.56 Å². The zero-order valence-electron chi connectivity index (χ0n) is 13.5. The number of rotatable bonds is 7. The molecule has 4 heteroatoms. The number of nitrogens with one attached hydrogen (secondary N) is 1. The molecule has 24 heavy (non-hydrogen) atoms. The van der Waals surface area contributed by atoms with E-state index in [2.05, 4.69) is 5.32 Å². The first kappa shape index (κ1) is 16.4. The monoisotopic (exact) mass is 323 g/mol. The first-order chi connectivity index (χ1) is 11.7. The van der Waals surface area contributed by atoms with E-state index in [9.17, 15) is 9.59 Å². The molecular weight excluding hydrogens is 302 g/mol. The van der Waals surface area contributed by atoms with E-state index < -0.39 is 0 Å². The molecule has 0 unspecified atom stereocenters. The zero-order valence-corrected chi connectivity index (χ0v) is 13.5. The standard InChI is InChI=1S/C20H21NO3/c22-13-6-2-1-5-12-21-17-11-7-10-16-18(17)20(24)15-9-4-3-8-14(15)19(16)23/h3-4,7-11,21-22H,1-2,5-6,12-13H2.